The normalized spacial score (nSPS) is 17.1. The molecule has 25 heavy (non-hydrogen) atoms. The summed E-state index contributed by atoms with van der Waals surface area (Å²) in [5.74, 6) is 0.256. The molecule has 1 unspecified atom stereocenters. The maximum absolute atomic E-state index is 13.6. The molecule has 3 aromatic rings. The SMILES string of the molecule is Fc1ccc(Oc2ncc3c(NCC4CCCS4)n[nH]c3n2)c(F)c1. The highest BCUT2D eigenvalue weighted by atomic mass is 32.2. The van der Waals surface area contributed by atoms with Gasteiger partial charge in [-0.25, -0.2) is 13.8 Å². The van der Waals surface area contributed by atoms with Crippen molar-refractivity contribution >= 4 is 28.6 Å². The Morgan fingerprint density at radius 3 is 3.08 bits per heavy atom. The second kappa shape index (κ2) is 6.83. The number of hydrogen-bond acceptors (Lipinski definition) is 6. The number of benzene rings is 1. The fourth-order valence-electron chi connectivity index (χ4n) is 2.65. The highest BCUT2D eigenvalue weighted by molar-refractivity contribution is 8.00. The minimum absolute atomic E-state index is 0.0421. The number of rotatable bonds is 5. The Morgan fingerprint density at radius 1 is 1.36 bits per heavy atom. The van der Waals surface area contributed by atoms with Crippen LogP contribution in [0.2, 0.25) is 0 Å². The molecule has 0 spiro atoms. The highest BCUT2D eigenvalue weighted by Gasteiger charge is 2.17. The molecule has 0 aliphatic carbocycles. The maximum Gasteiger partial charge on any atom is 0.324 e. The maximum atomic E-state index is 13.6. The van der Waals surface area contributed by atoms with Crippen LogP contribution < -0.4 is 10.1 Å². The Kier molecular flexibility index (Phi) is 4.39. The van der Waals surface area contributed by atoms with Crippen LogP contribution >= 0.6 is 11.8 Å². The van der Waals surface area contributed by atoms with Crippen molar-refractivity contribution in [3.8, 4) is 11.8 Å². The second-order valence-corrected chi connectivity index (χ2v) is 7.09. The van der Waals surface area contributed by atoms with Crippen molar-refractivity contribution in [2.75, 3.05) is 17.6 Å². The molecule has 6 nitrogen and oxygen atoms in total. The van der Waals surface area contributed by atoms with Gasteiger partial charge in [0.15, 0.2) is 23.0 Å². The monoisotopic (exact) mass is 363 g/mol. The van der Waals surface area contributed by atoms with Crippen molar-refractivity contribution in [1.29, 1.82) is 0 Å². The Labute approximate surface area is 146 Å². The van der Waals surface area contributed by atoms with Gasteiger partial charge in [-0.05, 0) is 30.7 Å². The smallest absolute Gasteiger partial charge is 0.324 e. The zero-order valence-corrected chi connectivity index (χ0v) is 13.9. The number of fused-ring (bicyclic) bond motifs is 1. The average Bonchev–Trinajstić information content (AvgIpc) is 3.25. The van der Waals surface area contributed by atoms with E-state index in [-0.39, 0.29) is 11.8 Å². The number of ether oxygens (including phenoxy) is 1. The number of anilines is 1. The van der Waals surface area contributed by atoms with E-state index in [9.17, 15) is 8.78 Å². The first-order valence-electron chi connectivity index (χ1n) is 7.88. The molecule has 0 radical (unpaired) electrons. The van der Waals surface area contributed by atoms with Crippen LogP contribution in [0.1, 0.15) is 12.8 Å². The van der Waals surface area contributed by atoms with Gasteiger partial charge >= 0.3 is 6.01 Å². The van der Waals surface area contributed by atoms with Gasteiger partial charge in [-0.3, -0.25) is 5.10 Å². The molecule has 1 fully saturated rings. The van der Waals surface area contributed by atoms with Gasteiger partial charge in [0.05, 0.1) is 5.39 Å². The third kappa shape index (κ3) is 3.51. The number of hydrogen-bond donors (Lipinski definition) is 2. The largest absolute Gasteiger partial charge is 0.421 e. The molecule has 1 atom stereocenters. The lowest BCUT2D eigenvalue weighted by Crippen LogP contribution is -2.13. The zero-order chi connectivity index (χ0) is 17.2. The van der Waals surface area contributed by atoms with E-state index in [1.165, 1.54) is 24.7 Å². The predicted molar refractivity (Wildman–Crippen MR) is 92.1 cm³/mol. The minimum Gasteiger partial charge on any atom is -0.421 e. The van der Waals surface area contributed by atoms with Crippen molar-refractivity contribution in [3.63, 3.8) is 0 Å². The van der Waals surface area contributed by atoms with Crippen molar-refractivity contribution < 1.29 is 13.5 Å². The zero-order valence-electron chi connectivity index (χ0n) is 13.1. The van der Waals surface area contributed by atoms with E-state index < -0.39 is 11.6 Å². The van der Waals surface area contributed by atoms with Crippen molar-refractivity contribution in [3.05, 3.63) is 36.0 Å². The van der Waals surface area contributed by atoms with E-state index in [0.717, 1.165) is 24.1 Å². The summed E-state index contributed by atoms with van der Waals surface area (Å²) >= 11 is 1.96. The number of nitrogens with zero attached hydrogens (tertiary/aromatic N) is 3. The fourth-order valence-corrected chi connectivity index (χ4v) is 3.85. The van der Waals surface area contributed by atoms with Crippen LogP contribution in [0.3, 0.4) is 0 Å². The van der Waals surface area contributed by atoms with Gasteiger partial charge in [0.1, 0.15) is 5.82 Å². The topological polar surface area (TPSA) is 75.7 Å². The van der Waals surface area contributed by atoms with Crippen LogP contribution in [-0.4, -0.2) is 37.7 Å². The standard InChI is InChI=1S/C16H15F2N5OS/c17-9-3-4-13(12(18)6-9)24-16-20-8-11-14(22-23-15(11)21-16)19-7-10-2-1-5-25-10/h3-4,6,8,10H,1-2,5,7H2,(H2,19,20,21,22,23). The molecule has 1 aliphatic heterocycles. The molecule has 0 saturated carbocycles. The summed E-state index contributed by atoms with van der Waals surface area (Å²) in [5.41, 5.74) is 0.481. The molecule has 130 valence electrons. The third-order valence-corrected chi connectivity index (χ3v) is 5.31. The van der Waals surface area contributed by atoms with Crippen molar-refractivity contribution in [2.24, 2.45) is 0 Å². The quantitative estimate of drug-likeness (QED) is 0.719. The number of H-pyrrole nitrogens is 1. The van der Waals surface area contributed by atoms with Gasteiger partial charge in [0.2, 0.25) is 0 Å². The Hall–Kier alpha value is -2.42. The number of nitrogens with one attached hydrogen (secondary N) is 2. The van der Waals surface area contributed by atoms with Crippen molar-refractivity contribution in [1.82, 2.24) is 20.2 Å². The molecule has 1 aliphatic rings. The number of aromatic nitrogens is 4. The minimum atomic E-state index is -0.815. The summed E-state index contributed by atoms with van der Waals surface area (Å²) < 4.78 is 31.9. The molecule has 1 saturated heterocycles. The average molecular weight is 363 g/mol. The summed E-state index contributed by atoms with van der Waals surface area (Å²) in [6, 6.07) is 3.00. The van der Waals surface area contributed by atoms with E-state index >= 15 is 0 Å². The predicted octanol–water partition coefficient (Wildman–Crippen LogP) is 3.73. The summed E-state index contributed by atoms with van der Waals surface area (Å²) in [6.45, 7) is 0.837. The molecule has 1 aromatic carbocycles. The summed E-state index contributed by atoms with van der Waals surface area (Å²) in [4.78, 5) is 8.26. The first-order valence-corrected chi connectivity index (χ1v) is 8.93. The summed E-state index contributed by atoms with van der Waals surface area (Å²) in [5, 5.41) is 11.6. The molecule has 2 N–H and O–H groups in total. The van der Waals surface area contributed by atoms with Crippen LogP contribution in [0.15, 0.2) is 24.4 Å². The molecular weight excluding hydrogens is 348 g/mol. The van der Waals surface area contributed by atoms with Crippen LogP contribution in [0.25, 0.3) is 11.0 Å². The molecule has 0 amide bonds. The summed E-state index contributed by atoms with van der Waals surface area (Å²) in [6.07, 6.45) is 4.02. The highest BCUT2D eigenvalue weighted by Crippen LogP contribution is 2.28. The number of thioether (sulfide) groups is 1. The van der Waals surface area contributed by atoms with Crippen LogP contribution in [-0.2, 0) is 0 Å². The lowest BCUT2D eigenvalue weighted by atomic mass is 10.2. The lowest BCUT2D eigenvalue weighted by molar-refractivity contribution is 0.409. The van der Waals surface area contributed by atoms with Crippen molar-refractivity contribution in [2.45, 2.75) is 18.1 Å². The van der Waals surface area contributed by atoms with Gasteiger partial charge in [0, 0.05) is 24.1 Å². The molecule has 9 heteroatoms. The van der Waals surface area contributed by atoms with Gasteiger partial charge in [-0.15, -0.1) is 0 Å². The Bertz CT molecular complexity index is 897. The van der Waals surface area contributed by atoms with Gasteiger partial charge < -0.3 is 10.1 Å². The lowest BCUT2D eigenvalue weighted by Gasteiger charge is -2.09. The van der Waals surface area contributed by atoms with E-state index in [4.69, 9.17) is 4.74 Å². The fraction of sp³-hybridized carbons (Fsp3) is 0.312. The van der Waals surface area contributed by atoms with E-state index in [1.54, 1.807) is 6.20 Å². The van der Waals surface area contributed by atoms with Crippen LogP contribution in [0.4, 0.5) is 14.6 Å². The van der Waals surface area contributed by atoms with Gasteiger partial charge in [-0.1, -0.05) is 0 Å². The first kappa shape index (κ1) is 16.1. The first-order chi connectivity index (χ1) is 12.2. The Balaban J connectivity index is 1.50. The van der Waals surface area contributed by atoms with E-state index in [0.29, 0.717) is 16.7 Å². The second-order valence-electron chi connectivity index (χ2n) is 5.68. The molecule has 0 bridgehead atoms. The molecular formula is C16H15F2N5OS. The van der Waals surface area contributed by atoms with Gasteiger partial charge in [0.25, 0.3) is 0 Å². The Morgan fingerprint density at radius 2 is 2.28 bits per heavy atom. The number of halogens is 2. The third-order valence-electron chi connectivity index (χ3n) is 3.91. The van der Waals surface area contributed by atoms with E-state index in [1.807, 2.05) is 11.8 Å². The number of aromatic amines is 1. The molecule has 3 heterocycles. The van der Waals surface area contributed by atoms with Crippen LogP contribution in [0.5, 0.6) is 11.8 Å². The molecule has 2 aromatic heterocycles. The van der Waals surface area contributed by atoms with Crippen LogP contribution in [0, 0.1) is 11.6 Å². The molecule has 4 rings (SSSR count). The summed E-state index contributed by atoms with van der Waals surface area (Å²) in [7, 11) is 0. The van der Waals surface area contributed by atoms with E-state index in [2.05, 4.69) is 25.5 Å². The van der Waals surface area contributed by atoms with Gasteiger partial charge in [-0.2, -0.15) is 21.8 Å².